The summed E-state index contributed by atoms with van der Waals surface area (Å²) in [6.07, 6.45) is 8.73. The summed E-state index contributed by atoms with van der Waals surface area (Å²) < 4.78 is 14.9. The third-order valence-electron chi connectivity index (χ3n) is 9.96. The molecule has 3 aliphatic rings. The van der Waals surface area contributed by atoms with E-state index in [1.54, 1.807) is 6.26 Å². The van der Waals surface area contributed by atoms with Crippen molar-refractivity contribution in [1.82, 2.24) is 24.7 Å². The van der Waals surface area contributed by atoms with E-state index in [-0.39, 0.29) is 24.3 Å². The van der Waals surface area contributed by atoms with Gasteiger partial charge in [-0.15, -0.1) is 0 Å². The highest BCUT2D eigenvalue weighted by atomic mass is 35.5. The van der Waals surface area contributed by atoms with E-state index >= 15 is 0 Å². The molecule has 1 aliphatic carbocycles. The van der Waals surface area contributed by atoms with Gasteiger partial charge in [-0.2, -0.15) is 0 Å². The number of amides is 2. The quantitative estimate of drug-likeness (QED) is 0.316. The monoisotopic (exact) mass is 669 g/mol. The lowest BCUT2D eigenvalue weighted by Gasteiger charge is -2.45. The molecule has 2 N–H and O–H groups in total. The Morgan fingerprint density at radius 1 is 1.00 bits per heavy atom. The first-order valence-corrected chi connectivity index (χ1v) is 19.0. The molecule has 8 nitrogen and oxygen atoms in total. The fourth-order valence-electron chi connectivity index (χ4n) is 7.53. The lowest BCUT2D eigenvalue weighted by atomic mass is 9.82. The Labute approximate surface area is 283 Å². The fourth-order valence-corrected chi connectivity index (χ4v) is 8.53. The van der Waals surface area contributed by atoms with Crippen LogP contribution in [0.4, 0.5) is 0 Å². The van der Waals surface area contributed by atoms with E-state index < -0.39 is 17.0 Å². The predicted octanol–water partition coefficient (Wildman–Crippen LogP) is 4.95. The standard InChI is InChI=1S/C36H52ClN5O3S/c1-26(2)24-42(46(3)45)25-34(28-9-5-4-6-10-28)40-17-19-41(20-18-40)36(44)33(21-27-13-15-30(37)16-14-27)39-35(43)22-32-31-12-8-7-11-29(31)23-38-32/h7-8,11-16,26,28,32-34,38H,4-6,9-10,17-25H2,1-3H3,(H,39,43). The molecule has 10 heteroatoms. The number of rotatable bonds is 13. The fraction of sp³-hybridized carbons (Fsp3) is 0.611. The molecular weight excluding hydrogens is 618 g/mol. The van der Waals surface area contributed by atoms with Gasteiger partial charge < -0.3 is 15.5 Å². The summed E-state index contributed by atoms with van der Waals surface area (Å²) in [6, 6.07) is 15.3. The van der Waals surface area contributed by atoms with Gasteiger partial charge in [-0.25, -0.2) is 8.51 Å². The zero-order valence-corrected chi connectivity index (χ0v) is 29.3. The normalized spacial score (nSPS) is 21.3. The first kappa shape index (κ1) is 35.0. The highest BCUT2D eigenvalue weighted by molar-refractivity contribution is 7.81. The van der Waals surface area contributed by atoms with Gasteiger partial charge in [-0.3, -0.25) is 14.5 Å². The van der Waals surface area contributed by atoms with Crippen LogP contribution in [0.25, 0.3) is 0 Å². The summed E-state index contributed by atoms with van der Waals surface area (Å²) in [5.74, 6) is 0.862. The average molecular weight is 670 g/mol. The minimum atomic E-state index is -1.03. The number of piperazine rings is 1. The van der Waals surface area contributed by atoms with Gasteiger partial charge in [0, 0.05) is 82.0 Å². The Morgan fingerprint density at radius 3 is 2.37 bits per heavy atom. The van der Waals surface area contributed by atoms with Gasteiger partial charge in [0.25, 0.3) is 0 Å². The molecule has 2 aromatic rings. The Balaban J connectivity index is 1.26. The molecule has 1 saturated heterocycles. The van der Waals surface area contributed by atoms with Gasteiger partial charge >= 0.3 is 0 Å². The van der Waals surface area contributed by atoms with Crippen LogP contribution in [0.2, 0.25) is 5.02 Å². The second-order valence-corrected chi connectivity index (χ2v) is 15.6. The first-order valence-electron chi connectivity index (χ1n) is 17.1. The van der Waals surface area contributed by atoms with Crippen molar-refractivity contribution in [3.63, 3.8) is 0 Å². The molecule has 1 saturated carbocycles. The smallest absolute Gasteiger partial charge is 0.245 e. The lowest BCUT2D eigenvalue weighted by Crippen LogP contribution is -2.59. The molecule has 0 spiro atoms. The Bertz CT molecular complexity index is 1330. The number of halogens is 1. The topological polar surface area (TPSA) is 85.0 Å². The third-order valence-corrected chi connectivity index (χ3v) is 11.2. The second kappa shape index (κ2) is 16.7. The number of carbonyl (C=O) groups is 2. The summed E-state index contributed by atoms with van der Waals surface area (Å²) in [7, 11) is -1.03. The van der Waals surface area contributed by atoms with E-state index in [2.05, 4.69) is 45.8 Å². The van der Waals surface area contributed by atoms with Crippen molar-refractivity contribution in [2.45, 2.75) is 83.5 Å². The molecule has 4 unspecified atom stereocenters. The van der Waals surface area contributed by atoms with Crippen LogP contribution in [0.15, 0.2) is 48.5 Å². The van der Waals surface area contributed by atoms with Crippen molar-refractivity contribution >= 4 is 34.4 Å². The molecule has 46 heavy (non-hydrogen) atoms. The maximum Gasteiger partial charge on any atom is 0.245 e. The van der Waals surface area contributed by atoms with E-state index in [4.69, 9.17) is 11.6 Å². The number of hydrogen-bond donors (Lipinski definition) is 2. The number of hydrogen-bond acceptors (Lipinski definition) is 5. The minimum Gasteiger partial charge on any atom is -0.344 e. The molecule has 4 atom stereocenters. The SMILES string of the molecule is CC(C)CN(CC(C1CCCCC1)N1CCN(C(=O)C(Cc2ccc(Cl)cc2)NC(=O)CC2NCc3ccccc32)CC1)S(C)=O. The molecule has 2 amide bonds. The Morgan fingerprint density at radius 2 is 1.70 bits per heavy atom. The van der Waals surface area contributed by atoms with Crippen molar-refractivity contribution in [3.05, 3.63) is 70.2 Å². The Hall–Kier alpha value is -2.30. The zero-order valence-electron chi connectivity index (χ0n) is 27.8. The highest BCUT2D eigenvalue weighted by Crippen LogP contribution is 2.31. The Kier molecular flexibility index (Phi) is 12.7. The van der Waals surface area contributed by atoms with Gasteiger partial charge in [-0.05, 0) is 53.5 Å². The van der Waals surface area contributed by atoms with Crippen LogP contribution in [-0.2, 0) is 33.5 Å². The van der Waals surface area contributed by atoms with Crippen molar-refractivity contribution in [1.29, 1.82) is 0 Å². The van der Waals surface area contributed by atoms with Crippen LogP contribution in [0.1, 0.15) is 75.1 Å². The van der Waals surface area contributed by atoms with Gasteiger partial charge in [-0.1, -0.05) is 81.1 Å². The van der Waals surface area contributed by atoms with Gasteiger partial charge in [0.15, 0.2) is 0 Å². The molecule has 2 fully saturated rings. The van der Waals surface area contributed by atoms with Gasteiger partial charge in [0.2, 0.25) is 11.8 Å². The number of benzene rings is 2. The average Bonchev–Trinajstić information content (AvgIpc) is 3.46. The van der Waals surface area contributed by atoms with Crippen LogP contribution in [0, 0.1) is 11.8 Å². The number of nitrogens with one attached hydrogen (secondary N) is 2. The highest BCUT2D eigenvalue weighted by Gasteiger charge is 2.36. The lowest BCUT2D eigenvalue weighted by molar-refractivity contribution is -0.138. The third kappa shape index (κ3) is 9.41. The van der Waals surface area contributed by atoms with Crippen LogP contribution < -0.4 is 10.6 Å². The van der Waals surface area contributed by atoms with Crippen molar-refractivity contribution in [2.24, 2.45) is 11.8 Å². The molecule has 2 aliphatic heterocycles. The van der Waals surface area contributed by atoms with Crippen LogP contribution in [0.5, 0.6) is 0 Å². The van der Waals surface area contributed by atoms with E-state index in [1.165, 1.54) is 37.7 Å². The van der Waals surface area contributed by atoms with E-state index in [0.29, 0.717) is 42.4 Å². The molecule has 0 radical (unpaired) electrons. The van der Waals surface area contributed by atoms with Gasteiger partial charge in [0.1, 0.15) is 6.04 Å². The van der Waals surface area contributed by atoms with E-state index in [0.717, 1.165) is 43.9 Å². The largest absolute Gasteiger partial charge is 0.344 e. The summed E-state index contributed by atoms with van der Waals surface area (Å²) >= 11 is 6.15. The molecule has 5 rings (SSSR count). The molecule has 2 aromatic carbocycles. The van der Waals surface area contributed by atoms with Crippen LogP contribution in [0.3, 0.4) is 0 Å². The number of carbonyl (C=O) groups excluding carboxylic acids is 2. The van der Waals surface area contributed by atoms with Gasteiger partial charge in [0.05, 0.1) is 11.0 Å². The van der Waals surface area contributed by atoms with Crippen LogP contribution >= 0.6 is 11.6 Å². The summed E-state index contributed by atoms with van der Waals surface area (Å²) in [5, 5.41) is 7.21. The summed E-state index contributed by atoms with van der Waals surface area (Å²) in [5.41, 5.74) is 3.33. The summed E-state index contributed by atoms with van der Waals surface area (Å²) in [4.78, 5) is 32.0. The molecular formula is C36H52ClN5O3S. The number of nitrogens with zero attached hydrogens (tertiary/aromatic N) is 3. The van der Waals surface area contributed by atoms with Crippen LogP contribution in [-0.4, -0.2) is 87.7 Å². The molecule has 252 valence electrons. The maximum absolute atomic E-state index is 14.1. The summed E-state index contributed by atoms with van der Waals surface area (Å²) in [6.45, 7) is 9.53. The molecule has 0 aromatic heterocycles. The van der Waals surface area contributed by atoms with E-state index in [1.807, 2.05) is 41.3 Å². The minimum absolute atomic E-state index is 0.0342. The molecule has 2 heterocycles. The molecule has 0 bridgehead atoms. The predicted molar refractivity (Wildman–Crippen MR) is 187 cm³/mol. The second-order valence-electron chi connectivity index (χ2n) is 13.8. The number of fused-ring (bicyclic) bond motifs is 1. The van der Waals surface area contributed by atoms with Crippen molar-refractivity contribution in [3.8, 4) is 0 Å². The van der Waals surface area contributed by atoms with Crippen molar-refractivity contribution in [2.75, 3.05) is 45.5 Å². The first-order chi connectivity index (χ1) is 22.2. The maximum atomic E-state index is 14.1. The zero-order chi connectivity index (χ0) is 32.6. The van der Waals surface area contributed by atoms with E-state index in [9.17, 15) is 13.8 Å². The van der Waals surface area contributed by atoms with Crippen molar-refractivity contribution < 1.29 is 13.8 Å².